The molecule has 8 heteroatoms. The van der Waals surface area contributed by atoms with Gasteiger partial charge >= 0.3 is 5.97 Å². The molecule has 0 heterocycles. The lowest BCUT2D eigenvalue weighted by Crippen LogP contribution is -2.27. The van der Waals surface area contributed by atoms with E-state index in [0.29, 0.717) is 0 Å². The van der Waals surface area contributed by atoms with Crippen molar-refractivity contribution in [2.45, 2.75) is 19.3 Å². The van der Waals surface area contributed by atoms with Gasteiger partial charge in [-0.1, -0.05) is 0 Å². The van der Waals surface area contributed by atoms with Crippen LogP contribution >= 0.6 is 0 Å². The van der Waals surface area contributed by atoms with Gasteiger partial charge in [0.2, 0.25) is 15.9 Å². The molecule has 88 valence electrons. The second kappa shape index (κ2) is 6.36. The van der Waals surface area contributed by atoms with Crippen molar-refractivity contribution in [2.75, 3.05) is 12.3 Å². The first kappa shape index (κ1) is 13.8. The van der Waals surface area contributed by atoms with Crippen LogP contribution in [0.3, 0.4) is 0 Å². The van der Waals surface area contributed by atoms with Crippen molar-refractivity contribution in [1.29, 1.82) is 0 Å². The van der Waals surface area contributed by atoms with Crippen LogP contribution in [0.1, 0.15) is 19.3 Å². The van der Waals surface area contributed by atoms with Gasteiger partial charge in [-0.15, -0.1) is 0 Å². The molecule has 0 atom stereocenters. The number of carboxylic acid groups (broad SMARTS) is 1. The number of aliphatic carboxylic acids is 1. The number of nitrogens with one attached hydrogen (secondary N) is 1. The van der Waals surface area contributed by atoms with Crippen LogP contribution in [0, 0.1) is 0 Å². The molecule has 0 radical (unpaired) electrons. The van der Waals surface area contributed by atoms with Crippen molar-refractivity contribution in [3.05, 3.63) is 0 Å². The first-order valence-corrected chi connectivity index (χ1v) is 6.02. The normalized spacial score (nSPS) is 11.0. The van der Waals surface area contributed by atoms with E-state index in [-0.39, 0.29) is 31.6 Å². The van der Waals surface area contributed by atoms with Crippen molar-refractivity contribution < 1.29 is 23.1 Å². The van der Waals surface area contributed by atoms with Gasteiger partial charge in [0.05, 0.1) is 12.2 Å². The zero-order valence-corrected chi connectivity index (χ0v) is 8.92. The second-order valence-electron chi connectivity index (χ2n) is 2.96. The van der Waals surface area contributed by atoms with Gasteiger partial charge in [-0.3, -0.25) is 9.59 Å². The molecule has 0 aliphatic rings. The number of amides is 1. The molecule has 0 aromatic rings. The molecule has 4 N–H and O–H groups in total. The molecule has 0 aliphatic heterocycles. The molecular formula is C7H14N2O5S. The fourth-order valence-electron chi connectivity index (χ4n) is 0.810. The number of carbonyl (C=O) groups is 2. The van der Waals surface area contributed by atoms with E-state index >= 15 is 0 Å². The van der Waals surface area contributed by atoms with Crippen LogP contribution in [0.4, 0.5) is 0 Å². The summed E-state index contributed by atoms with van der Waals surface area (Å²) in [5.41, 5.74) is 0. The highest BCUT2D eigenvalue weighted by Crippen LogP contribution is 1.89. The fourth-order valence-corrected chi connectivity index (χ4v) is 1.36. The first-order chi connectivity index (χ1) is 6.81. The summed E-state index contributed by atoms with van der Waals surface area (Å²) >= 11 is 0. The van der Waals surface area contributed by atoms with E-state index in [2.05, 4.69) is 5.32 Å². The number of sulfonamides is 1. The van der Waals surface area contributed by atoms with Gasteiger partial charge < -0.3 is 10.4 Å². The minimum Gasteiger partial charge on any atom is -0.481 e. The predicted octanol–water partition coefficient (Wildman–Crippen LogP) is -1.35. The largest absolute Gasteiger partial charge is 0.481 e. The average Bonchev–Trinajstić information content (AvgIpc) is 2.07. The van der Waals surface area contributed by atoms with Gasteiger partial charge in [0.25, 0.3) is 0 Å². The molecule has 0 unspecified atom stereocenters. The van der Waals surface area contributed by atoms with Gasteiger partial charge in [0.15, 0.2) is 0 Å². The number of nitrogens with two attached hydrogens (primary N) is 1. The van der Waals surface area contributed by atoms with Crippen molar-refractivity contribution in [1.82, 2.24) is 5.32 Å². The lowest BCUT2D eigenvalue weighted by Gasteiger charge is -2.02. The predicted molar refractivity (Wildman–Crippen MR) is 52.5 cm³/mol. The van der Waals surface area contributed by atoms with Crippen molar-refractivity contribution in [2.24, 2.45) is 5.14 Å². The Morgan fingerprint density at radius 3 is 2.33 bits per heavy atom. The average molecular weight is 238 g/mol. The maximum Gasteiger partial charge on any atom is 0.303 e. The quantitative estimate of drug-likeness (QED) is 0.472. The number of hydrogen-bond donors (Lipinski definition) is 3. The van der Waals surface area contributed by atoms with Crippen molar-refractivity contribution in [3.8, 4) is 0 Å². The topological polar surface area (TPSA) is 127 Å². The Morgan fingerprint density at radius 1 is 1.27 bits per heavy atom. The number of carboxylic acids is 1. The van der Waals surface area contributed by atoms with Crippen LogP contribution in [0.25, 0.3) is 0 Å². The molecule has 0 aromatic heterocycles. The number of hydrogen-bond acceptors (Lipinski definition) is 4. The third kappa shape index (κ3) is 10.8. The highest BCUT2D eigenvalue weighted by Gasteiger charge is 2.05. The van der Waals surface area contributed by atoms with Crippen molar-refractivity contribution >= 4 is 21.9 Å². The van der Waals surface area contributed by atoms with E-state index in [9.17, 15) is 18.0 Å². The van der Waals surface area contributed by atoms with Gasteiger partial charge in [-0.25, -0.2) is 13.6 Å². The Hall–Kier alpha value is -1.15. The summed E-state index contributed by atoms with van der Waals surface area (Å²) in [5, 5.41) is 15.4. The SMILES string of the molecule is NS(=O)(=O)CCCNC(=O)CCC(=O)O. The molecule has 0 saturated carbocycles. The molecule has 1 amide bonds. The Balaban J connectivity index is 3.52. The van der Waals surface area contributed by atoms with E-state index in [1.54, 1.807) is 0 Å². The number of primary sulfonamides is 1. The van der Waals surface area contributed by atoms with Crippen molar-refractivity contribution in [3.63, 3.8) is 0 Å². The molecule has 7 nitrogen and oxygen atoms in total. The third-order valence-electron chi connectivity index (χ3n) is 1.49. The van der Waals surface area contributed by atoms with Gasteiger partial charge in [0.1, 0.15) is 0 Å². The maximum atomic E-state index is 10.9. The summed E-state index contributed by atoms with van der Waals surface area (Å²) in [4.78, 5) is 21.0. The lowest BCUT2D eigenvalue weighted by atomic mass is 10.3. The minimum absolute atomic E-state index is 0.106. The highest BCUT2D eigenvalue weighted by molar-refractivity contribution is 7.89. The zero-order valence-electron chi connectivity index (χ0n) is 8.10. The maximum absolute atomic E-state index is 10.9. The Labute approximate surface area is 87.7 Å². The molecular weight excluding hydrogens is 224 g/mol. The van der Waals surface area contributed by atoms with E-state index < -0.39 is 21.9 Å². The second-order valence-corrected chi connectivity index (χ2v) is 4.70. The van der Waals surface area contributed by atoms with Crippen LogP contribution in [0.15, 0.2) is 0 Å². The van der Waals surface area contributed by atoms with Crippen LogP contribution < -0.4 is 10.5 Å². The summed E-state index contributed by atoms with van der Waals surface area (Å²) in [5.74, 6) is -1.66. The molecule has 0 aliphatic carbocycles. The summed E-state index contributed by atoms with van der Waals surface area (Å²) in [6.07, 6.45) is -0.122. The van der Waals surface area contributed by atoms with Gasteiger partial charge in [0, 0.05) is 13.0 Å². The monoisotopic (exact) mass is 238 g/mol. The van der Waals surface area contributed by atoms with Crippen LogP contribution in [0.2, 0.25) is 0 Å². The smallest absolute Gasteiger partial charge is 0.303 e. The van der Waals surface area contributed by atoms with E-state index in [4.69, 9.17) is 10.2 Å². The lowest BCUT2D eigenvalue weighted by molar-refractivity contribution is -0.138. The molecule has 0 spiro atoms. The molecule has 0 fully saturated rings. The van der Waals surface area contributed by atoms with Crippen LogP contribution in [-0.4, -0.2) is 37.7 Å². The summed E-state index contributed by atoms with van der Waals surface area (Å²) in [6.45, 7) is 0.175. The molecule has 0 bridgehead atoms. The van der Waals surface area contributed by atoms with Gasteiger partial charge in [-0.05, 0) is 6.42 Å². The summed E-state index contributed by atoms with van der Waals surface area (Å²) in [7, 11) is -3.49. The van der Waals surface area contributed by atoms with E-state index in [1.807, 2.05) is 0 Å². The summed E-state index contributed by atoms with van der Waals surface area (Å²) < 4.78 is 21.0. The Kier molecular flexibility index (Phi) is 5.87. The Morgan fingerprint density at radius 2 is 1.87 bits per heavy atom. The zero-order chi connectivity index (χ0) is 11.9. The Bertz CT molecular complexity index is 324. The van der Waals surface area contributed by atoms with E-state index in [0.717, 1.165) is 0 Å². The van der Waals surface area contributed by atoms with E-state index in [1.165, 1.54) is 0 Å². The molecule has 0 rings (SSSR count). The number of rotatable bonds is 7. The fraction of sp³-hybridized carbons (Fsp3) is 0.714. The van der Waals surface area contributed by atoms with Crippen LogP contribution in [-0.2, 0) is 19.6 Å². The first-order valence-electron chi connectivity index (χ1n) is 4.30. The number of carbonyl (C=O) groups excluding carboxylic acids is 1. The standard InChI is InChI=1S/C7H14N2O5S/c8-15(13,14)5-1-4-9-6(10)2-3-7(11)12/h1-5H2,(H,9,10)(H,11,12)(H2,8,13,14). The van der Waals surface area contributed by atoms with Gasteiger partial charge in [-0.2, -0.15) is 0 Å². The molecule has 0 saturated heterocycles. The van der Waals surface area contributed by atoms with Crippen LogP contribution in [0.5, 0.6) is 0 Å². The third-order valence-corrected chi connectivity index (χ3v) is 2.35. The minimum atomic E-state index is -3.49. The summed E-state index contributed by atoms with van der Waals surface area (Å²) in [6, 6.07) is 0. The molecule has 0 aromatic carbocycles. The highest BCUT2D eigenvalue weighted by atomic mass is 32.2. The molecule has 15 heavy (non-hydrogen) atoms.